The lowest BCUT2D eigenvalue weighted by Gasteiger charge is -2.21. The average Bonchev–Trinajstić information content (AvgIpc) is 2.43. The van der Waals surface area contributed by atoms with Crippen LogP contribution in [0.5, 0.6) is 0 Å². The fourth-order valence-electron chi connectivity index (χ4n) is 1.25. The summed E-state index contributed by atoms with van der Waals surface area (Å²) in [5.74, 6) is -0.495. The lowest BCUT2D eigenvalue weighted by molar-refractivity contribution is -0.157. The van der Waals surface area contributed by atoms with E-state index in [1.807, 2.05) is 20.8 Å². The van der Waals surface area contributed by atoms with Gasteiger partial charge in [-0.05, 0) is 27.2 Å². The zero-order valence-corrected chi connectivity index (χ0v) is 13.5. The van der Waals surface area contributed by atoms with Crippen molar-refractivity contribution in [3.63, 3.8) is 0 Å². The van der Waals surface area contributed by atoms with Gasteiger partial charge in [-0.1, -0.05) is 13.5 Å². The summed E-state index contributed by atoms with van der Waals surface area (Å²) in [5, 5.41) is 15.3. The molecule has 1 amide bonds. The standard InChI is InChI=1S/C15H28N2O4/c1-6-15(4,5)14(20)21-10-12(18)9-16-7-8-17-13(19)11(2)3/h12,16,18H,2,6-10H2,1,3-5H3,(H,17,19). The molecule has 0 aliphatic rings. The molecule has 0 aromatic heterocycles. The van der Waals surface area contributed by atoms with Crippen LogP contribution in [-0.4, -0.2) is 49.3 Å². The van der Waals surface area contributed by atoms with Crippen LogP contribution in [0.1, 0.15) is 34.1 Å². The summed E-state index contributed by atoms with van der Waals surface area (Å²) in [5.41, 5.74) is -0.0690. The minimum Gasteiger partial charge on any atom is -0.462 e. The van der Waals surface area contributed by atoms with Crippen molar-refractivity contribution in [1.29, 1.82) is 0 Å². The Kier molecular flexibility index (Phi) is 8.89. The molecular formula is C15H28N2O4. The van der Waals surface area contributed by atoms with E-state index in [0.717, 1.165) is 0 Å². The van der Waals surface area contributed by atoms with Crippen LogP contribution in [0.3, 0.4) is 0 Å². The zero-order chi connectivity index (χ0) is 16.5. The molecule has 6 nitrogen and oxygen atoms in total. The van der Waals surface area contributed by atoms with E-state index in [1.54, 1.807) is 6.92 Å². The normalized spacial score (nSPS) is 12.6. The fraction of sp³-hybridized carbons (Fsp3) is 0.733. The minimum absolute atomic E-state index is 0.0343. The van der Waals surface area contributed by atoms with Gasteiger partial charge in [0.05, 0.1) is 5.41 Å². The monoisotopic (exact) mass is 300 g/mol. The minimum atomic E-state index is -0.765. The lowest BCUT2D eigenvalue weighted by atomic mass is 9.91. The second-order valence-electron chi connectivity index (χ2n) is 5.73. The average molecular weight is 300 g/mol. The van der Waals surface area contributed by atoms with Gasteiger partial charge in [0.25, 0.3) is 0 Å². The van der Waals surface area contributed by atoms with Crippen LogP contribution in [0.15, 0.2) is 12.2 Å². The fourth-order valence-corrected chi connectivity index (χ4v) is 1.25. The van der Waals surface area contributed by atoms with Crippen molar-refractivity contribution in [2.75, 3.05) is 26.2 Å². The first-order valence-corrected chi connectivity index (χ1v) is 7.20. The number of rotatable bonds is 10. The van der Waals surface area contributed by atoms with Gasteiger partial charge in [0.15, 0.2) is 0 Å². The number of carbonyl (C=O) groups is 2. The molecule has 0 saturated carbocycles. The Morgan fingerprint density at radius 2 is 1.95 bits per heavy atom. The molecule has 0 radical (unpaired) electrons. The summed E-state index contributed by atoms with van der Waals surface area (Å²) in [4.78, 5) is 22.9. The van der Waals surface area contributed by atoms with Crippen LogP contribution in [0.4, 0.5) is 0 Å². The third-order valence-corrected chi connectivity index (χ3v) is 3.20. The molecule has 0 rings (SSSR count). The quantitative estimate of drug-likeness (QED) is 0.312. The number of aliphatic hydroxyl groups is 1. The van der Waals surface area contributed by atoms with E-state index in [1.165, 1.54) is 0 Å². The number of nitrogens with one attached hydrogen (secondary N) is 2. The lowest BCUT2D eigenvalue weighted by Crippen LogP contribution is -2.37. The summed E-state index contributed by atoms with van der Waals surface area (Å²) in [6.45, 7) is 11.9. The van der Waals surface area contributed by atoms with E-state index in [0.29, 0.717) is 31.6 Å². The van der Waals surface area contributed by atoms with Gasteiger partial charge in [-0.25, -0.2) is 0 Å². The number of hydrogen-bond acceptors (Lipinski definition) is 5. The highest BCUT2D eigenvalue weighted by Gasteiger charge is 2.27. The molecule has 3 N–H and O–H groups in total. The molecule has 0 aliphatic heterocycles. The second kappa shape index (κ2) is 9.52. The zero-order valence-electron chi connectivity index (χ0n) is 13.5. The van der Waals surface area contributed by atoms with Crippen molar-refractivity contribution in [1.82, 2.24) is 10.6 Å². The maximum atomic E-state index is 11.7. The number of carbonyl (C=O) groups excluding carboxylic acids is 2. The number of ether oxygens (including phenoxy) is 1. The third kappa shape index (κ3) is 8.47. The van der Waals surface area contributed by atoms with Gasteiger partial charge >= 0.3 is 5.97 Å². The Labute approximate surface area is 126 Å². The molecule has 0 aromatic rings. The second-order valence-corrected chi connectivity index (χ2v) is 5.73. The molecule has 1 atom stereocenters. The van der Waals surface area contributed by atoms with Crippen molar-refractivity contribution < 1.29 is 19.4 Å². The van der Waals surface area contributed by atoms with Crippen molar-refractivity contribution in [2.45, 2.75) is 40.2 Å². The van der Waals surface area contributed by atoms with E-state index in [2.05, 4.69) is 17.2 Å². The molecule has 0 bridgehead atoms. The van der Waals surface area contributed by atoms with Gasteiger partial charge in [0.1, 0.15) is 12.7 Å². The van der Waals surface area contributed by atoms with E-state index in [4.69, 9.17) is 4.74 Å². The number of aliphatic hydroxyl groups excluding tert-OH is 1. The molecule has 6 heteroatoms. The first kappa shape index (κ1) is 19.6. The SMILES string of the molecule is C=C(C)C(=O)NCCNCC(O)COC(=O)C(C)(C)CC. The van der Waals surface area contributed by atoms with Gasteiger partial charge in [-0.15, -0.1) is 0 Å². The highest BCUT2D eigenvalue weighted by atomic mass is 16.5. The Morgan fingerprint density at radius 3 is 2.48 bits per heavy atom. The van der Waals surface area contributed by atoms with Crippen LogP contribution in [0, 0.1) is 5.41 Å². The molecule has 0 fully saturated rings. The van der Waals surface area contributed by atoms with Gasteiger partial charge < -0.3 is 20.5 Å². The van der Waals surface area contributed by atoms with E-state index in [9.17, 15) is 14.7 Å². The van der Waals surface area contributed by atoms with Crippen LogP contribution in [0.2, 0.25) is 0 Å². The molecule has 122 valence electrons. The van der Waals surface area contributed by atoms with E-state index < -0.39 is 11.5 Å². The van der Waals surface area contributed by atoms with E-state index >= 15 is 0 Å². The van der Waals surface area contributed by atoms with Crippen molar-refractivity contribution in [3.8, 4) is 0 Å². The van der Waals surface area contributed by atoms with Crippen LogP contribution < -0.4 is 10.6 Å². The number of amides is 1. The molecule has 1 unspecified atom stereocenters. The van der Waals surface area contributed by atoms with Crippen molar-refractivity contribution in [2.24, 2.45) is 5.41 Å². The Balaban J connectivity index is 3.73. The Hall–Kier alpha value is -1.40. The maximum Gasteiger partial charge on any atom is 0.311 e. The molecular weight excluding hydrogens is 272 g/mol. The summed E-state index contributed by atoms with van der Waals surface area (Å²) in [7, 11) is 0. The summed E-state index contributed by atoms with van der Waals surface area (Å²) >= 11 is 0. The molecule has 0 spiro atoms. The molecule has 21 heavy (non-hydrogen) atoms. The molecule has 0 aliphatic carbocycles. The van der Waals surface area contributed by atoms with Gasteiger partial charge in [0.2, 0.25) is 5.91 Å². The topological polar surface area (TPSA) is 87.7 Å². The first-order valence-electron chi connectivity index (χ1n) is 7.20. The van der Waals surface area contributed by atoms with Gasteiger partial charge in [-0.2, -0.15) is 0 Å². The van der Waals surface area contributed by atoms with Crippen LogP contribution in [-0.2, 0) is 14.3 Å². The highest BCUT2D eigenvalue weighted by molar-refractivity contribution is 5.92. The third-order valence-electron chi connectivity index (χ3n) is 3.20. The molecule has 0 aromatic carbocycles. The van der Waals surface area contributed by atoms with Gasteiger partial charge in [0, 0.05) is 25.2 Å². The predicted octanol–water partition coefficient (Wildman–Crippen LogP) is 0.609. The number of hydrogen-bond donors (Lipinski definition) is 3. The summed E-state index contributed by atoms with van der Waals surface area (Å²) < 4.78 is 5.08. The molecule has 0 heterocycles. The number of esters is 1. The van der Waals surface area contributed by atoms with Crippen LogP contribution in [0.25, 0.3) is 0 Å². The summed E-state index contributed by atoms with van der Waals surface area (Å²) in [6.07, 6.45) is -0.0822. The predicted molar refractivity (Wildman–Crippen MR) is 81.7 cm³/mol. The Bertz CT molecular complexity index is 367. The maximum absolute atomic E-state index is 11.7. The van der Waals surface area contributed by atoms with E-state index in [-0.39, 0.29) is 18.5 Å². The smallest absolute Gasteiger partial charge is 0.311 e. The highest BCUT2D eigenvalue weighted by Crippen LogP contribution is 2.21. The van der Waals surface area contributed by atoms with Crippen molar-refractivity contribution in [3.05, 3.63) is 12.2 Å². The summed E-state index contributed by atoms with van der Waals surface area (Å²) in [6, 6.07) is 0. The van der Waals surface area contributed by atoms with Crippen molar-refractivity contribution >= 4 is 11.9 Å². The Morgan fingerprint density at radius 1 is 1.33 bits per heavy atom. The van der Waals surface area contributed by atoms with Crippen LogP contribution >= 0.6 is 0 Å². The van der Waals surface area contributed by atoms with Gasteiger partial charge in [-0.3, -0.25) is 9.59 Å². The largest absolute Gasteiger partial charge is 0.462 e. The molecule has 0 saturated heterocycles. The first-order chi connectivity index (χ1) is 9.70.